The first-order chi connectivity index (χ1) is 8.99. The van der Waals surface area contributed by atoms with Crippen molar-refractivity contribution in [2.45, 2.75) is 26.7 Å². The number of hydrogen-bond donors (Lipinski definition) is 1. The lowest BCUT2D eigenvalue weighted by molar-refractivity contribution is -0.143. The molecule has 1 aromatic carbocycles. The number of Topliss-reactive ketones (excluding diaryl/α,β-unsaturated/α-hetero) is 1. The van der Waals surface area contributed by atoms with Crippen LogP contribution in [-0.2, 0) is 4.79 Å². The van der Waals surface area contributed by atoms with E-state index in [9.17, 15) is 14.7 Å². The topological polar surface area (TPSA) is 54.4 Å². The zero-order valence-electron chi connectivity index (χ0n) is 11.2. The van der Waals surface area contributed by atoms with Crippen LogP contribution < -0.4 is 0 Å². The van der Waals surface area contributed by atoms with Gasteiger partial charge in [0.1, 0.15) is 0 Å². The Morgan fingerprint density at radius 1 is 1.11 bits per heavy atom. The van der Waals surface area contributed by atoms with Gasteiger partial charge in [0.2, 0.25) is 0 Å². The summed E-state index contributed by atoms with van der Waals surface area (Å²) in [5.74, 6) is -1.98. The predicted octanol–water partition coefficient (Wildman–Crippen LogP) is 3.23. The van der Waals surface area contributed by atoms with Crippen LogP contribution in [0.1, 0.15) is 35.7 Å². The zero-order valence-corrected chi connectivity index (χ0v) is 11.2. The van der Waals surface area contributed by atoms with E-state index in [0.29, 0.717) is 18.4 Å². The minimum absolute atomic E-state index is 0.0591. The zero-order chi connectivity index (χ0) is 14.0. The standard InChI is InChI=1S/C16H18O3/c1-10-3-6-12(7-4-10)15(17)13-8-5-11(2)9-14(13)16(18)19/h3-7,13-14H,8-9H2,1-2H3,(H,18,19). The number of hydrogen-bond acceptors (Lipinski definition) is 2. The van der Waals surface area contributed by atoms with Gasteiger partial charge < -0.3 is 5.11 Å². The molecule has 0 aromatic heterocycles. The highest BCUT2D eigenvalue weighted by atomic mass is 16.4. The molecule has 0 radical (unpaired) electrons. The van der Waals surface area contributed by atoms with Crippen molar-refractivity contribution < 1.29 is 14.7 Å². The summed E-state index contributed by atoms with van der Waals surface area (Å²) in [6, 6.07) is 7.32. The highest BCUT2D eigenvalue weighted by molar-refractivity contribution is 6.00. The van der Waals surface area contributed by atoms with Gasteiger partial charge in [-0.15, -0.1) is 0 Å². The van der Waals surface area contributed by atoms with Crippen LogP contribution in [0.25, 0.3) is 0 Å². The third kappa shape index (κ3) is 2.92. The van der Waals surface area contributed by atoms with Crippen LogP contribution in [0.5, 0.6) is 0 Å². The molecule has 19 heavy (non-hydrogen) atoms. The van der Waals surface area contributed by atoms with Gasteiger partial charge in [0.05, 0.1) is 5.92 Å². The quantitative estimate of drug-likeness (QED) is 0.669. The second-order valence-electron chi connectivity index (χ2n) is 5.27. The molecule has 0 bridgehead atoms. The Hall–Kier alpha value is -1.90. The van der Waals surface area contributed by atoms with Crippen LogP contribution >= 0.6 is 0 Å². The van der Waals surface area contributed by atoms with E-state index in [1.165, 1.54) is 0 Å². The van der Waals surface area contributed by atoms with Crippen LogP contribution in [-0.4, -0.2) is 16.9 Å². The molecule has 0 saturated heterocycles. The van der Waals surface area contributed by atoms with Gasteiger partial charge in [0.25, 0.3) is 0 Å². The molecule has 1 aliphatic carbocycles. The normalized spacial score (nSPS) is 22.7. The largest absolute Gasteiger partial charge is 0.481 e. The maximum absolute atomic E-state index is 12.4. The Balaban J connectivity index is 2.26. The molecule has 0 aliphatic heterocycles. The number of carbonyl (C=O) groups excluding carboxylic acids is 1. The number of ketones is 1. The number of allylic oxidation sites excluding steroid dienone is 2. The van der Waals surface area contributed by atoms with Gasteiger partial charge in [-0.25, -0.2) is 0 Å². The van der Waals surface area contributed by atoms with Crippen LogP contribution in [0.3, 0.4) is 0 Å². The van der Waals surface area contributed by atoms with E-state index in [0.717, 1.165) is 11.1 Å². The molecule has 0 heterocycles. The fourth-order valence-corrected chi connectivity index (χ4v) is 2.55. The second kappa shape index (κ2) is 5.39. The summed E-state index contributed by atoms with van der Waals surface area (Å²) in [6.45, 7) is 3.88. The SMILES string of the molecule is CC1=CCC(C(=O)c2ccc(C)cc2)C(C(=O)O)C1. The third-order valence-corrected chi connectivity index (χ3v) is 3.74. The third-order valence-electron chi connectivity index (χ3n) is 3.74. The molecule has 0 saturated carbocycles. The van der Waals surface area contributed by atoms with Crippen molar-refractivity contribution in [3.8, 4) is 0 Å². The number of aliphatic carboxylic acids is 1. The highest BCUT2D eigenvalue weighted by Gasteiger charge is 2.35. The number of carbonyl (C=O) groups is 2. The molecule has 0 fully saturated rings. The second-order valence-corrected chi connectivity index (χ2v) is 5.27. The van der Waals surface area contributed by atoms with Gasteiger partial charge in [-0.3, -0.25) is 9.59 Å². The number of benzene rings is 1. The van der Waals surface area contributed by atoms with E-state index >= 15 is 0 Å². The van der Waals surface area contributed by atoms with E-state index in [2.05, 4.69) is 0 Å². The lowest BCUT2D eigenvalue weighted by Crippen LogP contribution is -2.32. The van der Waals surface area contributed by atoms with Crippen molar-refractivity contribution in [2.24, 2.45) is 11.8 Å². The molecular weight excluding hydrogens is 240 g/mol. The van der Waals surface area contributed by atoms with Crippen LogP contribution in [0.15, 0.2) is 35.9 Å². The molecule has 2 atom stereocenters. The van der Waals surface area contributed by atoms with Crippen LogP contribution in [0.4, 0.5) is 0 Å². The Morgan fingerprint density at radius 2 is 1.74 bits per heavy atom. The summed E-state index contributed by atoms with van der Waals surface area (Å²) >= 11 is 0. The molecule has 3 heteroatoms. The number of aryl methyl sites for hydroxylation is 1. The molecule has 1 aliphatic rings. The van der Waals surface area contributed by atoms with Crippen molar-refractivity contribution in [1.82, 2.24) is 0 Å². The highest BCUT2D eigenvalue weighted by Crippen LogP contribution is 2.32. The fourth-order valence-electron chi connectivity index (χ4n) is 2.55. The van der Waals surface area contributed by atoms with Crippen molar-refractivity contribution in [1.29, 1.82) is 0 Å². The number of carboxylic acid groups (broad SMARTS) is 1. The van der Waals surface area contributed by atoms with E-state index in [1.54, 1.807) is 12.1 Å². The maximum atomic E-state index is 12.4. The van der Waals surface area contributed by atoms with Gasteiger partial charge in [-0.1, -0.05) is 41.5 Å². The molecular formula is C16H18O3. The molecule has 2 rings (SSSR count). The summed E-state index contributed by atoms with van der Waals surface area (Å²) < 4.78 is 0. The fraction of sp³-hybridized carbons (Fsp3) is 0.375. The van der Waals surface area contributed by atoms with Crippen LogP contribution in [0, 0.1) is 18.8 Å². The van der Waals surface area contributed by atoms with E-state index in [-0.39, 0.29) is 5.78 Å². The number of rotatable bonds is 3. The summed E-state index contributed by atoms with van der Waals surface area (Å²) in [6.07, 6.45) is 2.98. The summed E-state index contributed by atoms with van der Waals surface area (Å²) in [5, 5.41) is 9.29. The van der Waals surface area contributed by atoms with Crippen molar-refractivity contribution in [3.63, 3.8) is 0 Å². The lowest BCUT2D eigenvalue weighted by Gasteiger charge is -2.26. The van der Waals surface area contributed by atoms with Gasteiger partial charge >= 0.3 is 5.97 Å². The van der Waals surface area contributed by atoms with Gasteiger partial charge in [0.15, 0.2) is 5.78 Å². The molecule has 3 nitrogen and oxygen atoms in total. The molecule has 1 N–H and O–H groups in total. The molecule has 0 spiro atoms. The summed E-state index contributed by atoms with van der Waals surface area (Å²) in [7, 11) is 0. The molecule has 0 amide bonds. The first-order valence-corrected chi connectivity index (χ1v) is 6.48. The average molecular weight is 258 g/mol. The minimum Gasteiger partial charge on any atom is -0.481 e. The Bertz CT molecular complexity index is 525. The van der Waals surface area contributed by atoms with Crippen molar-refractivity contribution in [3.05, 3.63) is 47.0 Å². The Kier molecular flexibility index (Phi) is 3.84. The van der Waals surface area contributed by atoms with Crippen molar-refractivity contribution >= 4 is 11.8 Å². The summed E-state index contributed by atoms with van der Waals surface area (Å²) in [5.41, 5.74) is 2.75. The smallest absolute Gasteiger partial charge is 0.307 e. The number of carboxylic acids is 1. The molecule has 100 valence electrons. The maximum Gasteiger partial charge on any atom is 0.307 e. The predicted molar refractivity (Wildman–Crippen MR) is 73.1 cm³/mol. The van der Waals surface area contributed by atoms with Crippen LogP contribution in [0.2, 0.25) is 0 Å². The van der Waals surface area contributed by atoms with E-state index < -0.39 is 17.8 Å². The Labute approximate surface area is 113 Å². The molecule has 2 unspecified atom stereocenters. The van der Waals surface area contributed by atoms with E-state index in [1.807, 2.05) is 32.1 Å². The Morgan fingerprint density at radius 3 is 2.32 bits per heavy atom. The van der Waals surface area contributed by atoms with Gasteiger partial charge in [0, 0.05) is 11.5 Å². The van der Waals surface area contributed by atoms with Gasteiger partial charge in [-0.2, -0.15) is 0 Å². The van der Waals surface area contributed by atoms with Crippen molar-refractivity contribution in [2.75, 3.05) is 0 Å². The lowest BCUT2D eigenvalue weighted by atomic mass is 9.76. The van der Waals surface area contributed by atoms with Gasteiger partial charge in [-0.05, 0) is 26.7 Å². The monoisotopic (exact) mass is 258 g/mol. The average Bonchev–Trinajstić information content (AvgIpc) is 2.38. The minimum atomic E-state index is -0.877. The molecule has 1 aromatic rings. The van der Waals surface area contributed by atoms with E-state index in [4.69, 9.17) is 0 Å². The summed E-state index contributed by atoms with van der Waals surface area (Å²) in [4.78, 5) is 23.8. The first-order valence-electron chi connectivity index (χ1n) is 6.48. The first kappa shape index (κ1) is 13.5.